The number of likely N-dealkylation sites (N-methyl/N-ethyl adjacent to an activating group) is 1. The third kappa shape index (κ3) is 4.38. The van der Waals surface area contributed by atoms with Gasteiger partial charge in [-0.1, -0.05) is 5.16 Å². The quantitative estimate of drug-likeness (QED) is 0.731. The number of aliphatic hydroxyl groups is 1. The standard InChI is InChI=1S/C10H16N4O2/c1-14(2)6-4-9-12-10(16-13-9)7-8(15)3-5-11/h8,15H,3-4,6-7H2,1-2H3. The summed E-state index contributed by atoms with van der Waals surface area (Å²) in [7, 11) is 3.94. The molecule has 1 rings (SSSR count). The third-order valence-corrected chi connectivity index (χ3v) is 2.03. The molecule has 0 spiro atoms. The lowest BCUT2D eigenvalue weighted by Gasteiger charge is -2.05. The fourth-order valence-electron chi connectivity index (χ4n) is 1.18. The second-order valence-electron chi connectivity index (χ2n) is 3.88. The van der Waals surface area contributed by atoms with Crippen molar-refractivity contribution in [1.29, 1.82) is 5.26 Å². The maximum Gasteiger partial charge on any atom is 0.229 e. The minimum Gasteiger partial charge on any atom is -0.392 e. The molecule has 0 aliphatic heterocycles. The van der Waals surface area contributed by atoms with Crippen LogP contribution < -0.4 is 0 Å². The summed E-state index contributed by atoms with van der Waals surface area (Å²) in [6.45, 7) is 0.847. The van der Waals surface area contributed by atoms with E-state index in [0.29, 0.717) is 18.1 Å². The largest absolute Gasteiger partial charge is 0.392 e. The van der Waals surface area contributed by atoms with Crippen LogP contribution in [0.1, 0.15) is 18.1 Å². The summed E-state index contributed by atoms with van der Waals surface area (Å²) < 4.78 is 4.96. The first-order valence-corrected chi connectivity index (χ1v) is 5.13. The zero-order chi connectivity index (χ0) is 12.0. The molecule has 88 valence electrons. The van der Waals surface area contributed by atoms with Crippen LogP contribution in [0.15, 0.2) is 4.52 Å². The topological polar surface area (TPSA) is 86.2 Å². The Labute approximate surface area is 94.5 Å². The van der Waals surface area contributed by atoms with Gasteiger partial charge < -0.3 is 14.5 Å². The molecule has 6 heteroatoms. The molecule has 0 amide bonds. The minimum absolute atomic E-state index is 0.0788. The van der Waals surface area contributed by atoms with Gasteiger partial charge in [0, 0.05) is 13.0 Å². The number of nitrogens with zero attached hydrogens (tertiary/aromatic N) is 4. The zero-order valence-corrected chi connectivity index (χ0v) is 9.55. The molecular weight excluding hydrogens is 208 g/mol. The minimum atomic E-state index is -0.729. The van der Waals surface area contributed by atoms with Crippen LogP contribution in [0.5, 0.6) is 0 Å². The summed E-state index contributed by atoms with van der Waals surface area (Å²) in [5.41, 5.74) is 0. The van der Waals surface area contributed by atoms with Crippen molar-refractivity contribution in [2.24, 2.45) is 0 Å². The molecule has 1 aromatic heterocycles. The van der Waals surface area contributed by atoms with Gasteiger partial charge in [-0.15, -0.1) is 0 Å². The molecule has 0 fully saturated rings. The van der Waals surface area contributed by atoms with Gasteiger partial charge in [-0.05, 0) is 14.1 Å². The van der Waals surface area contributed by atoms with Crippen LogP contribution >= 0.6 is 0 Å². The Morgan fingerprint density at radius 1 is 1.56 bits per heavy atom. The van der Waals surface area contributed by atoms with Crippen molar-refractivity contribution in [3.05, 3.63) is 11.7 Å². The van der Waals surface area contributed by atoms with E-state index in [-0.39, 0.29) is 12.8 Å². The summed E-state index contributed by atoms with van der Waals surface area (Å²) >= 11 is 0. The highest BCUT2D eigenvalue weighted by Crippen LogP contribution is 2.04. The Morgan fingerprint density at radius 3 is 2.94 bits per heavy atom. The second-order valence-corrected chi connectivity index (χ2v) is 3.88. The van der Waals surface area contributed by atoms with E-state index in [2.05, 4.69) is 10.1 Å². The van der Waals surface area contributed by atoms with Gasteiger partial charge in [0.15, 0.2) is 5.82 Å². The summed E-state index contributed by atoms with van der Waals surface area (Å²) in [6, 6.07) is 1.89. The fourth-order valence-corrected chi connectivity index (χ4v) is 1.18. The second kappa shape index (κ2) is 6.20. The summed E-state index contributed by atoms with van der Waals surface area (Å²) in [5.74, 6) is 1.02. The number of nitriles is 1. The lowest BCUT2D eigenvalue weighted by Crippen LogP contribution is -2.15. The third-order valence-electron chi connectivity index (χ3n) is 2.03. The van der Waals surface area contributed by atoms with Crippen molar-refractivity contribution < 1.29 is 9.63 Å². The zero-order valence-electron chi connectivity index (χ0n) is 9.55. The van der Waals surface area contributed by atoms with Crippen LogP contribution in [0.2, 0.25) is 0 Å². The average Bonchev–Trinajstić information content (AvgIpc) is 2.63. The van der Waals surface area contributed by atoms with Gasteiger partial charge in [0.05, 0.1) is 25.0 Å². The highest BCUT2D eigenvalue weighted by Gasteiger charge is 2.11. The first-order valence-electron chi connectivity index (χ1n) is 5.13. The Kier molecular flexibility index (Phi) is 4.89. The van der Waals surface area contributed by atoms with Crippen LogP contribution in [0.3, 0.4) is 0 Å². The van der Waals surface area contributed by atoms with Gasteiger partial charge >= 0.3 is 0 Å². The predicted octanol–water partition coefficient (Wildman–Crippen LogP) is -0.00922. The number of rotatable bonds is 6. The molecular formula is C10H16N4O2. The van der Waals surface area contributed by atoms with Crippen LogP contribution in [-0.2, 0) is 12.8 Å². The van der Waals surface area contributed by atoms with Gasteiger partial charge in [-0.3, -0.25) is 0 Å². The molecule has 0 aromatic carbocycles. The first-order chi connectivity index (χ1) is 7.61. The number of aromatic nitrogens is 2. The van der Waals surface area contributed by atoms with Crippen molar-refractivity contribution in [1.82, 2.24) is 15.0 Å². The van der Waals surface area contributed by atoms with Crippen LogP contribution in [0, 0.1) is 11.3 Å². The highest BCUT2D eigenvalue weighted by atomic mass is 16.5. The van der Waals surface area contributed by atoms with Gasteiger partial charge in [0.25, 0.3) is 0 Å². The van der Waals surface area contributed by atoms with Crippen molar-refractivity contribution >= 4 is 0 Å². The molecule has 1 unspecified atom stereocenters. The Hall–Kier alpha value is -1.45. The normalized spacial score (nSPS) is 12.7. The van der Waals surface area contributed by atoms with E-state index in [0.717, 1.165) is 6.54 Å². The van der Waals surface area contributed by atoms with E-state index in [4.69, 9.17) is 9.78 Å². The molecule has 0 radical (unpaired) electrons. The summed E-state index contributed by atoms with van der Waals surface area (Å²) in [5, 5.41) is 21.5. The maximum absolute atomic E-state index is 9.37. The smallest absolute Gasteiger partial charge is 0.229 e. The monoisotopic (exact) mass is 224 g/mol. The van der Waals surface area contributed by atoms with Crippen molar-refractivity contribution in [3.63, 3.8) is 0 Å². The van der Waals surface area contributed by atoms with Gasteiger partial charge in [0.1, 0.15) is 0 Å². The Balaban J connectivity index is 2.42. The van der Waals surface area contributed by atoms with Crippen molar-refractivity contribution in [3.8, 4) is 6.07 Å². The van der Waals surface area contributed by atoms with E-state index < -0.39 is 6.10 Å². The van der Waals surface area contributed by atoms with Crippen LogP contribution in [-0.4, -0.2) is 46.9 Å². The van der Waals surface area contributed by atoms with Crippen LogP contribution in [0.4, 0.5) is 0 Å². The van der Waals surface area contributed by atoms with E-state index in [1.807, 2.05) is 25.1 Å². The van der Waals surface area contributed by atoms with E-state index in [1.54, 1.807) is 0 Å². The first kappa shape index (κ1) is 12.6. The SMILES string of the molecule is CN(C)CCc1noc(CC(O)CC#N)n1. The van der Waals surface area contributed by atoms with E-state index in [9.17, 15) is 5.11 Å². The molecule has 1 aromatic rings. The maximum atomic E-state index is 9.37. The Morgan fingerprint density at radius 2 is 2.31 bits per heavy atom. The summed E-state index contributed by atoms with van der Waals surface area (Å²) in [4.78, 5) is 6.16. The fraction of sp³-hybridized carbons (Fsp3) is 0.700. The lowest BCUT2D eigenvalue weighted by molar-refractivity contribution is 0.167. The molecule has 1 atom stereocenters. The molecule has 0 saturated carbocycles. The summed E-state index contributed by atoms with van der Waals surface area (Å²) in [6.07, 6.45) is 0.301. The molecule has 16 heavy (non-hydrogen) atoms. The van der Waals surface area contributed by atoms with Gasteiger partial charge in [-0.25, -0.2) is 0 Å². The van der Waals surface area contributed by atoms with Crippen molar-refractivity contribution in [2.45, 2.75) is 25.4 Å². The number of aliphatic hydroxyl groups excluding tert-OH is 1. The highest BCUT2D eigenvalue weighted by molar-refractivity contribution is 4.90. The van der Waals surface area contributed by atoms with Crippen molar-refractivity contribution in [2.75, 3.05) is 20.6 Å². The molecule has 0 saturated heterocycles. The van der Waals surface area contributed by atoms with E-state index in [1.165, 1.54) is 0 Å². The molecule has 0 bridgehead atoms. The molecule has 1 heterocycles. The molecule has 0 aliphatic rings. The molecule has 1 N–H and O–H groups in total. The Bertz CT molecular complexity index is 356. The predicted molar refractivity (Wildman–Crippen MR) is 56.5 cm³/mol. The average molecular weight is 224 g/mol. The van der Waals surface area contributed by atoms with Gasteiger partial charge in [-0.2, -0.15) is 10.2 Å². The number of hydrogen-bond acceptors (Lipinski definition) is 6. The molecule has 6 nitrogen and oxygen atoms in total. The van der Waals surface area contributed by atoms with Crippen LogP contribution in [0.25, 0.3) is 0 Å². The lowest BCUT2D eigenvalue weighted by atomic mass is 10.2. The van der Waals surface area contributed by atoms with Gasteiger partial charge in [0.2, 0.25) is 5.89 Å². The van der Waals surface area contributed by atoms with E-state index >= 15 is 0 Å². The number of hydrogen-bond donors (Lipinski definition) is 1. The molecule has 0 aliphatic carbocycles.